The van der Waals surface area contributed by atoms with E-state index in [9.17, 15) is 0 Å². The zero-order valence-electron chi connectivity index (χ0n) is 14.0. The van der Waals surface area contributed by atoms with Gasteiger partial charge in [-0.25, -0.2) is 4.98 Å². The molecule has 0 bridgehead atoms. The molecule has 24 heavy (non-hydrogen) atoms. The van der Waals surface area contributed by atoms with Gasteiger partial charge in [0.15, 0.2) is 0 Å². The summed E-state index contributed by atoms with van der Waals surface area (Å²) in [6.07, 6.45) is 1.85. The number of hydrogen-bond donors (Lipinski definition) is 0. The second-order valence-electron chi connectivity index (χ2n) is 6.27. The number of imidazole rings is 1. The lowest BCUT2D eigenvalue weighted by Crippen LogP contribution is -2.16. The van der Waals surface area contributed by atoms with E-state index in [1.54, 1.807) is 0 Å². The summed E-state index contributed by atoms with van der Waals surface area (Å²) in [5.74, 6) is 1.06. The van der Waals surface area contributed by atoms with Crippen LogP contribution < -0.4 is 0 Å². The average Bonchev–Trinajstić information content (AvgIpc) is 2.86. The first-order valence-electron chi connectivity index (χ1n) is 8.07. The Hall–Kier alpha value is -1.55. The Bertz CT molecular complexity index is 822. The minimum Gasteiger partial charge on any atom is -0.328 e. The summed E-state index contributed by atoms with van der Waals surface area (Å²) in [5, 5.41) is 1.50. The van der Waals surface area contributed by atoms with Crippen LogP contribution in [0.3, 0.4) is 0 Å². The molecule has 3 rings (SSSR count). The highest BCUT2D eigenvalue weighted by molar-refractivity contribution is 6.31. The number of benzene rings is 2. The van der Waals surface area contributed by atoms with Gasteiger partial charge in [-0.05, 0) is 63.0 Å². The van der Waals surface area contributed by atoms with Gasteiger partial charge in [-0.1, -0.05) is 35.3 Å². The van der Waals surface area contributed by atoms with Crippen LogP contribution in [-0.4, -0.2) is 35.1 Å². The van der Waals surface area contributed by atoms with Crippen LogP contribution in [-0.2, 0) is 13.0 Å². The molecule has 3 aromatic rings. The predicted molar refractivity (Wildman–Crippen MR) is 102 cm³/mol. The minimum atomic E-state index is 0.745. The third kappa shape index (κ3) is 4.10. The first kappa shape index (κ1) is 17.3. The molecule has 0 fully saturated rings. The molecule has 2 aromatic carbocycles. The van der Waals surface area contributed by atoms with E-state index in [0.29, 0.717) is 0 Å². The summed E-state index contributed by atoms with van der Waals surface area (Å²) >= 11 is 12.2. The number of nitrogens with zero attached hydrogens (tertiary/aromatic N) is 3. The second-order valence-corrected chi connectivity index (χ2v) is 7.15. The van der Waals surface area contributed by atoms with Crippen LogP contribution in [0.5, 0.6) is 0 Å². The van der Waals surface area contributed by atoms with Gasteiger partial charge in [-0.3, -0.25) is 0 Å². The van der Waals surface area contributed by atoms with Gasteiger partial charge in [0.05, 0.1) is 11.0 Å². The third-order valence-electron chi connectivity index (χ3n) is 4.05. The minimum absolute atomic E-state index is 0.745. The van der Waals surface area contributed by atoms with Crippen LogP contribution in [0.2, 0.25) is 10.0 Å². The Kier molecular flexibility index (Phi) is 5.44. The maximum Gasteiger partial charge on any atom is 0.114 e. The third-order valence-corrected chi connectivity index (χ3v) is 4.54. The van der Waals surface area contributed by atoms with Crippen LogP contribution in [0, 0.1) is 0 Å². The normalized spacial score (nSPS) is 11.5. The molecule has 0 atom stereocenters. The molecular weight excluding hydrogens is 341 g/mol. The Balaban J connectivity index is 1.93. The average molecular weight is 362 g/mol. The van der Waals surface area contributed by atoms with Gasteiger partial charge in [0, 0.05) is 23.0 Å². The van der Waals surface area contributed by atoms with Crippen molar-refractivity contribution in [2.24, 2.45) is 0 Å². The van der Waals surface area contributed by atoms with Crippen molar-refractivity contribution in [3.63, 3.8) is 0 Å². The molecule has 3 nitrogen and oxygen atoms in total. The van der Waals surface area contributed by atoms with Gasteiger partial charge >= 0.3 is 0 Å². The molecule has 0 aliphatic heterocycles. The number of rotatable bonds is 6. The van der Waals surface area contributed by atoms with Crippen molar-refractivity contribution >= 4 is 34.2 Å². The topological polar surface area (TPSA) is 21.1 Å². The highest BCUT2D eigenvalue weighted by Gasteiger charge is 2.12. The van der Waals surface area contributed by atoms with Crippen molar-refractivity contribution in [3.8, 4) is 0 Å². The quantitative estimate of drug-likeness (QED) is 0.623. The van der Waals surface area contributed by atoms with Crippen molar-refractivity contribution in [3.05, 3.63) is 63.9 Å². The number of aryl methyl sites for hydroxylation is 1. The second kappa shape index (κ2) is 7.56. The van der Waals surface area contributed by atoms with Gasteiger partial charge < -0.3 is 9.47 Å². The first-order chi connectivity index (χ1) is 11.5. The molecule has 1 heterocycles. The molecule has 0 amide bonds. The monoisotopic (exact) mass is 361 g/mol. The predicted octanol–water partition coefficient (Wildman–Crippen LogP) is 4.89. The van der Waals surface area contributed by atoms with E-state index in [-0.39, 0.29) is 0 Å². The molecule has 0 N–H and O–H groups in total. The Morgan fingerprint density at radius 3 is 2.42 bits per heavy atom. The molecule has 0 saturated carbocycles. The Morgan fingerprint density at radius 2 is 1.71 bits per heavy atom. The fraction of sp³-hybridized carbons (Fsp3) is 0.316. The molecule has 5 heteroatoms. The van der Waals surface area contributed by atoms with Crippen LogP contribution in [0.4, 0.5) is 0 Å². The highest BCUT2D eigenvalue weighted by atomic mass is 35.5. The SMILES string of the molecule is CN(C)CCCn1c(Cc2ccc(Cl)cc2)nc2ccc(Cl)cc21. The van der Waals surface area contributed by atoms with Crippen molar-refractivity contribution in [2.75, 3.05) is 20.6 Å². The zero-order valence-corrected chi connectivity index (χ0v) is 15.5. The number of aromatic nitrogens is 2. The fourth-order valence-electron chi connectivity index (χ4n) is 2.86. The van der Waals surface area contributed by atoms with E-state index in [0.717, 1.165) is 52.8 Å². The fourth-order valence-corrected chi connectivity index (χ4v) is 3.15. The summed E-state index contributed by atoms with van der Waals surface area (Å²) in [6, 6.07) is 13.8. The van der Waals surface area contributed by atoms with Gasteiger partial charge in [0.1, 0.15) is 5.82 Å². The van der Waals surface area contributed by atoms with E-state index in [4.69, 9.17) is 28.2 Å². The summed E-state index contributed by atoms with van der Waals surface area (Å²) in [5.41, 5.74) is 3.30. The molecule has 1 aromatic heterocycles. The zero-order chi connectivity index (χ0) is 17.1. The van der Waals surface area contributed by atoms with Gasteiger partial charge in [0.25, 0.3) is 0 Å². The summed E-state index contributed by atoms with van der Waals surface area (Å²) in [6.45, 7) is 1.97. The Morgan fingerprint density at radius 1 is 1.00 bits per heavy atom. The summed E-state index contributed by atoms with van der Waals surface area (Å²) in [4.78, 5) is 7.03. The van der Waals surface area contributed by atoms with Crippen molar-refractivity contribution in [1.29, 1.82) is 0 Å². The van der Waals surface area contributed by atoms with Crippen LogP contribution in [0.15, 0.2) is 42.5 Å². The van der Waals surface area contributed by atoms with E-state index in [1.807, 2.05) is 30.3 Å². The maximum absolute atomic E-state index is 6.20. The molecule has 0 aliphatic carbocycles. The maximum atomic E-state index is 6.20. The first-order valence-corrected chi connectivity index (χ1v) is 8.82. The number of hydrogen-bond acceptors (Lipinski definition) is 2. The molecule has 0 aliphatic rings. The molecular formula is C19H21Cl2N3. The van der Waals surface area contributed by atoms with Gasteiger partial charge in [-0.2, -0.15) is 0 Å². The largest absolute Gasteiger partial charge is 0.328 e. The molecule has 0 radical (unpaired) electrons. The Labute approximate surface area is 152 Å². The van der Waals surface area contributed by atoms with E-state index in [2.05, 4.69) is 35.7 Å². The standard InChI is InChI=1S/C19H21Cl2N3/c1-23(2)10-3-11-24-18-13-16(21)8-9-17(18)22-19(24)12-14-4-6-15(20)7-5-14/h4-9,13H,3,10-12H2,1-2H3. The van der Waals surface area contributed by atoms with Crippen molar-refractivity contribution < 1.29 is 0 Å². The van der Waals surface area contributed by atoms with Crippen LogP contribution in [0.1, 0.15) is 17.8 Å². The molecule has 0 saturated heterocycles. The van der Waals surface area contributed by atoms with Crippen molar-refractivity contribution in [2.45, 2.75) is 19.4 Å². The number of halogens is 2. The van der Waals surface area contributed by atoms with Crippen LogP contribution >= 0.6 is 23.2 Å². The van der Waals surface area contributed by atoms with Crippen molar-refractivity contribution in [1.82, 2.24) is 14.5 Å². The lowest BCUT2D eigenvalue weighted by atomic mass is 10.1. The lowest BCUT2D eigenvalue weighted by Gasteiger charge is -2.12. The molecule has 0 unspecified atom stereocenters. The lowest BCUT2D eigenvalue weighted by molar-refractivity contribution is 0.386. The van der Waals surface area contributed by atoms with Gasteiger partial charge in [0.2, 0.25) is 0 Å². The van der Waals surface area contributed by atoms with E-state index in [1.165, 1.54) is 5.56 Å². The molecule has 0 spiro atoms. The number of fused-ring (bicyclic) bond motifs is 1. The van der Waals surface area contributed by atoms with Gasteiger partial charge in [-0.15, -0.1) is 0 Å². The smallest absolute Gasteiger partial charge is 0.114 e. The van der Waals surface area contributed by atoms with E-state index < -0.39 is 0 Å². The highest BCUT2D eigenvalue weighted by Crippen LogP contribution is 2.23. The molecule has 126 valence electrons. The van der Waals surface area contributed by atoms with E-state index >= 15 is 0 Å². The summed E-state index contributed by atoms with van der Waals surface area (Å²) in [7, 11) is 4.19. The summed E-state index contributed by atoms with van der Waals surface area (Å²) < 4.78 is 2.29. The van der Waals surface area contributed by atoms with Crippen LogP contribution in [0.25, 0.3) is 11.0 Å².